The number of fused-ring (bicyclic) bond motifs is 1. The second-order valence-electron chi connectivity index (χ2n) is 7.31. The van der Waals surface area contributed by atoms with Crippen LogP contribution in [-0.4, -0.2) is 17.7 Å². The van der Waals surface area contributed by atoms with Crippen molar-refractivity contribution in [1.29, 1.82) is 0 Å². The average molecular weight is 429 g/mol. The summed E-state index contributed by atoms with van der Waals surface area (Å²) in [7, 11) is 0. The Morgan fingerprint density at radius 1 is 1.07 bits per heavy atom. The predicted octanol–water partition coefficient (Wildman–Crippen LogP) is 5.09. The van der Waals surface area contributed by atoms with Crippen LogP contribution in [-0.2, 0) is 9.59 Å². The summed E-state index contributed by atoms with van der Waals surface area (Å²) in [5.41, 5.74) is 1.96. The number of nitrogens with one attached hydrogen (secondary N) is 1. The highest BCUT2D eigenvalue weighted by atomic mass is 35.5. The molecule has 0 radical (unpaired) electrons. The molecule has 1 fully saturated rings. The van der Waals surface area contributed by atoms with Gasteiger partial charge in [0, 0.05) is 5.02 Å². The van der Waals surface area contributed by atoms with Crippen LogP contribution in [0, 0.1) is 11.8 Å². The van der Waals surface area contributed by atoms with E-state index in [-0.39, 0.29) is 34.9 Å². The first-order valence-corrected chi connectivity index (χ1v) is 10.0. The molecule has 1 N–H and O–H groups in total. The number of allylic oxidation sites excluding steroid dienone is 2. The number of carbonyl (C=O) groups is 3. The van der Waals surface area contributed by atoms with Crippen LogP contribution in [0.4, 0.5) is 11.4 Å². The first-order chi connectivity index (χ1) is 13.9. The standard InChI is InChI=1S/C22H18Cl2N2O3/c1-12-6-8-14-16(10-12)22(29)26(21(14)28)19-5-3-2-4-15(19)20(27)25-18-11-13(23)7-9-17(18)24/h2-7,9,11,14,16H,8,10H2,1H3,(H,25,27)/t14-,16+/m0/s1. The molecule has 2 aromatic rings. The normalized spacial score (nSPS) is 21.1. The molecule has 3 amide bonds. The number of halogens is 2. The molecule has 0 saturated carbocycles. The van der Waals surface area contributed by atoms with Gasteiger partial charge in [-0.05, 0) is 50.1 Å². The van der Waals surface area contributed by atoms with Gasteiger partial charge in [0.15, 0.2) is 0 Å². The van der Waals surface area contributed by atoms with Gasteiger partial charge in [0.1, 0.15) is 0 Å². The number of rotatable bonds is 3. The molecular weight excluding hydrogens is 411 g/mol. The van der Waals surface area contributed by atoms with Crippen molar-refractivity contribution >= 4 is 52.3 Å². The number of imide groups is 1. The topological polar surface area (TPSA) is 66.5 Å². The summed E-state index contributed by atoms with van der Waals surface area (Å²) >= 11 is 12.1. The lowest BCUT2D eigenvalue weighted by Gasteiger charge is -2.19. The van der Waals surface area contributed by atoms with Crippen molar-refractivity contribution in [1.82, 2.24) is 0 Å². The number of hydrogen-bond acceptors (Lipinski definition) is 3. The number of para-hydroxylation sites is 1. The molecule has 2 aromatic carbocycles. The number of hydrogen-bond donors (Lipinski definition) is 1. The van der Waals surface area contributed by atoms with Crippen molar-refractivity contribution < 1.29 is 14.4 Å². The first kappa shape index (κ1) is 19.7. The second-order valence-corrected chi connectivity index (χ2v) is 8.15. The van der Waals surface area contributed by atoms with E-state index in [4.69, 9.17) is 23.2 Å². The van der Waals surface area contributed by atoms with E-state index in [9.17, 15) is 14.4 Å². The minimum absolute atomic E-state index is 0.216. The highest BCUT2D eigenvalue weighted by Crippen LogP contribution is 2.40. The molecule has 2 aliphatic rings. The molecule has 0 aromatic heterocycles. The fraction of sp³-hybridized carbons (Fsp3) is 0.227. The monoisotopic (exact) mass is 428 g/mol. The molecule has 148 valence electrons. The molecular formula is C22H18Cl2N2O3. The van der Waals surface area contributed by atoms with Gasteiger partial charge in [-0.1, -0.05) is 47.0 Å². The molecule has 0 spiro atoms. The summed E-state index contributed by atoms with van der Waals surface area (Å²) in [6, 6.07) is 11.3. The molecule has 29 heavy (non-hydrogen) atoms. The van der Waals surface area contributed by atoms with Crippen molar-refractivity contribution in [2.24, 2.45) is 11.8 Å². The molecule has 1 saturated heterocycles. The minimum atomic E-state index is -0.477. The Balaban J connectivity index is 1.67. The van der Waals surface area contributed by atoms with Crippen LogP contribution in [0.15, 0.2) is 54.1 Å². The maximum atomic E-state index is 13.0. The van der Waals surface area contributed by atoms with E-state index in [2.05, 4.69) is 5.32 Å². The first-order valence-electron chi connectivity index (χ1n) is 9.25. The second kappa shape index (κ2) is 7.65. The quantitative estimate of drug-likeness (QED) is 0.546. The summed E-state index contributed by atoms with van der Waals surface area (Å²) in [5, 5.41) is 3.48. The number of carbonyl (C=O) groups excluding carboxylic acids is 3. The van der Waals surface area contributed by atoms with E-state index >= 15 is 0 Å². The number of benzene rings is 2. The molecule has 5 nitrogen and oxygen atoms in total. The molecule has 1 aliphatic heterocycles. The van der Waals surface area contributed by atoms with Crippen molar-refractivity contribution in [3.05, 3.63) is 69.7 Å². The Labute approximate surface area is 178 Å². The van der Waals surface area contributed by atoms with Gasteiger partial charge in [0.05, 0.1) is 33.8 Å². The number of amides is 3. The SMILES string of the molecule is CC1=CC[C@@H]2C(=O)N(c3ccccc3C(=O)Nc3cc(Cl)ccc3Cl)C(=O)[C@@H]2C1. The highest BCUT2D eigenvalue weighted by Gasteiger charge is 2.49. The maximum Gasteiger partial charge on any atom is 0.257 e. The summed E-state index contributed by atoms with van der Waals surface area (Å²) in [5.74, 6) is -1.73. The van der Waals surface area contributed by atoms with Crippen LogP contribution < -0.4 is 10.2 Å². The van der Waals surface area contributed by atoms with Crippen LogP contribution in [0.1, 0.15) is 30.1 Å². The van der Waals surface area contributed by atoms with Gasteiger partial charge in [-0.3, -0.25) is 14.4 Å². The molecule has 1 aliphatic carbocycles. The van der Waals surface area contributed by atoms with Gasteiger partial charge >= 0.3 is 0 Å². The van der Waals surface area contributed by atoms with Crippen molar-refractivity contribution in [3.63, 3.8) is 0 Å². The highest BCUT2D eigenvalue weighted by molar-refractivity contribution is 6.36. The zero-order chi connectivity index (χ0) is 20.7. The van der Waals surface area contributed by atoms with E-state index in [0.29, 0.717) is 28.6 Å². The van der Waals surface area contributed by atoms with E-state index < -0.39 is 5.91 Å². The molecule has 2 atom stereocenters. The molecule has 0 unspecified atom stereocenters. The van der Waals surface area contributed by atoms with Crippen molar-refractivity contribution in [2.45, 2.75) is 19.8 Å². The number of anilines is 2. The third-order valence-corrected chi connectivity index (χ3v) is 5.95. The largest absolute Gasteiger partial charge is 0.321 e. The van der Waals surface area contributed by atoms with Crippen molar-refractivity contribution in [3.8, 4) is 0 Å². The fourth-order valence-electron chi connectivity index (χ4n) is 3.92. The smallest absolute Gasteiger partial charge is 0.257 e. The lowest BCUT2D eigenvalue weighted by atomic mass is 9.82. The zero-order valence-electron chi connectivity index (χ0n) is 15.6. The summed E-state index contributed by atoms with van der Waals surface area (Å²) in [6.45, 7) is 1.97. The molecule has 7 heteroatoms. The maximum absolute atomic E-state index is 13.0. The van der Waals surface area contributed by atoms with Gasteiger partial charge in [0.25, 0.3) is 5.91 Å². The van der Waals surface area contributed by atoms with E-state index in [1.165, 1.54) is 0 Å². The van der Waals surface area contributed by atoms with Gasteiger partial charge < -0.3 is 5.32 Å². The zero-order valence-corrected chi connectivity index (χ0v) is 17.1. The van der Waals surface area contributed by atoms with Gasteiger partial charge in [-0.15, -0.1) is 0 Å². The van der Waals surface area contributed by atoms with Crippen LogP contribution in [0.2, 0.25) is 10.0 Å². The summed E-state index contributed by atoms with van der Waals surface area (Å²) in [6.07, 6.45) is 3.12. The van der Waals surface area contributed by atoms with E-state index in [1.807, 2.05) is 13.0 Å². The third-order valence-electron chi connectivity index (χ3n) is 5.39. The Hall–Kier alpha value is -2.63. The average Bonchev–Trinajstić information content (AvgIpc) is 2.94. The van der Waals surface area contributed by atoms with Gasteiger partial charge in [0.2, 0.25) is 11.8 Å². The molecule has 1 heterocycles. The van der Waals surface area contributed by atoms with Crippen molar-refractivity contribution in [2.75, 3.05) is 10.2 Å². The Morgan fingerprint density at radius 2 is 1.79 bits per heavy atom. The van der Waals surface area contributed by atoms with Crippen LogP contribution in [0.5, 0.6) is 0 Å². The third kappa shape index (κ3) is 3.56. The summed E-state index contributed by atoms with van der Waals surface area (Å²) in [4.78, 5) is 40.2. The fourth-order valence-corrected chi connectivity index (χ4v) is 4.26. The van der Waals surface area contributed by atoms with Crippen LogP contribution in [0.3, 0.4) is 0 Å². The van der Waals surface area contributed by atoms with Crippen LogP contribution >= 0.6 is 23.2 Å². The Bertz CT molecular complexity index is 1060. The molecule has 0 bridgehead atoms. The predicted molar refractivity (Wildman–Crippen MR) is 113 cm³/mol. The lowest BCUT2D eigenvalue weighted by Crippen LogP contribution is -2.33. The minimum Gasteiger partial charge on any atom is -0.321 e. The summed E-state index contributed by atoms with van der Waals surface area (Å²) < 4.78 is 0. The van der Waals surface area contributed by atoms with Gasteiger partial charge in [-0.25, -0.2) is 4.90 Å². The Morgan fingerprint density at radius 3 is 2.59 bits per heavy atom. The van der Waals surface area contributed by atoms with E-state index in [1.54, 1.807) is 42.5 Å². The Kier molecular flexibility index (Phi) is 5.19. The van der Waals surface area contributed by atoms with E-state index in [0.717, 1.165) is 10.5 Å². The molecule has 4 rings (SSSR count). The van der Waals surface area contributed by atoms with Gasteiger partial charge in [-0.2, -0.15) is 0 Å². The number of nitrogens with zero attached hydrogens (tertiary/aromatic N) is 1. The van der Waals surface area contributed by atoms with Crippen LogP contribution in [0.25, 0.3) is 0 Å². The lowest BCUT2D eigenvalue weighted by molar-refractivity contribution is -0.122.